The minimum atomic E-state index is 0.0188. The summed E-state index contributed by atoms with van der Waals surface area (Å²) < 4.78 is 0. The molecular weight excluding hydrogens is 262 g/mol. The van der Waals surface area contributed by atoms with Gasteiger partial charge in [-0.1, -0.05) is 41.4 Å². The number of hydrogen-bond donors (Lipinski definition) is 1. The van der Waals surface area contributed by atoms with Gasteiger partial charge in [-0.05, 0) is 19.4 Å². The number of anilines is 1. The molecular formula is C14H14ClN3O. The molecule has 0 saturated heterocycles. The predicted octanol–water partition coefficient (Wildman–Crippen LogP) is 3.42. The van der Waals surface area contributed by atoms with Crippen molar-refractivity contribution in [3.63, 3.8) is 0 Å². The zero-order valence-corrected chi connectivity index (χ0v) is 11.5. The molecule has 0 aliphatic heterocycles. The predicted molar refractivity (Wildman–Crippen MR) is 75.6 cm³/mol. The van der Waals surface area contributed by atoms with E-state index >= 15 is 0 Å². The van der Waals surface area contributed by atoms with E-state index in [1.807, 2.05) is 38.1 Å². The van der Waals surface area contributed by atoms with Gasteiger partial charge < -0.3 is 5.32 Å². The highest BCUT2D eigenvalue weighted by atomic mass is 35.5. The smallest absolute Gasteiger partial charge is 0.156 e. The Morgan fingerprint density at radius 2 is 1.95 bits per heavy atom. The normalized spacial score (nSPS) is 11.9. The van der Waals surface area contributed by atoms with Crippen LogP contribution in [0.1, 0.15) is 34.5 Å². The van der Waals surface area contributed by atoms with Gasteiger partial charge in [0.15, 0.2) is 6.29 Å². The Morgan fingerprint density at radius 3 is 2.58 bits per heavy atom. The molecule has 19 heavy (non-hydrogen) atoms. The van der Waals surface area contributed by atoms with Crippen molar-refractivity contribution in [2.24, 2.45) is 0 Å². The first-order valence-corrected chi connectivity index (χ1v) is 6.28. The average Bonchev–Trinajstić information content (AvgIpc) is 2.39. The van der Waals surface area contributed by atoms with Gasteiger partial charge in [-0.15, -0.1) is 0 Å². The van der Waals surface area contributed by atoms with Crippen molar-refractivity contribution in [1.29, 1.82) is 0 Å². The van der Waals surface area contributed by atoms with E-state index in [4.69, 9.17) is 11.6 Å². The monoisotopic (exact) mass is 275 g/mol. The molecule has 0 aliphatic carbocycles. The Kier molecular flexibility index (Phi) is 4.12. The minimum Gasteiger partial charge on any atom is -0.363 e. The summed E-state index contributed by atoms with van der Waals surface area (Å²) in [7, 11) is 0. The molecule has 1 atom stereocenters. The molecule has 2 rings (SSSR count). The van der Waals surface area contributed by atoms with Crippen LogP contribution in [0.3, 0.4) is 0 Å². The van der Waals surface area contributed by atoms with E-state index in [1.165, 1.54) is 11.9 Å². The zero-order chi connectivity index (χ0) is 13.8. The van der Waals surface area contributed by atoms with Crippen LogP contribution in [0.25, 0.3) is 0 Å². The van der Waals surface area contributed by atoms with Gasteiger partial charge in [-0.3, -0.25) is 4.79 Å². The number of aldehydes is 1. The number of halogens is 1. The van der Waals surface area contributed by atoms with E-state index in [9.17, 15) is 4.79 Å². The number of hydrogen-bond acceptors (Lipinski definition) is 4. The quantitative estimate of drug-likeness (QED) is 0.686. The molecule has 98 valence electrons. The number of carbonyl (C=O) groups is 1. The fourth-order valence-electron chi connectivity index (χ4n) is 1.74. The van der Waals surface area contributed by atoms with Crippen molar-refractivity contribution in [3.05, 3.63) is 52.4 Å². The first-order valence-electron chi connectivity index (χ1n) is 5.90. The molecule has 1 aromatic carbocycles. The number of nitrogens with one attached hydrogen (secondary N) is 1. The maximum absolute atomic E-state index is 11.0. The van der Waals surface area contributed by atoms with Crippen LogP contribution in [0, 0.1) is 6.92 Å². The average molecular weight is 276 g/mol. The molecule has 0 bridgehead atoms. The highest BCUT2D eigenvalue weighted by molar-refractivity contribution is 6.32. The van der Waals surface area contributed by atoms with Gasteiger partial charge in [-0.2, -0.15) is 0 Å². The van der Waals surface area contributed by atoms with E-state index in [0.29, 0.717) is 12.1 Å². The summed E-state index contributed by atoms with van der Waals surface area (Å²) in [6, 6.07) is 8.18. The largest absolute Gasteiger partial charge is 0.363 e. The second-order valence-corrected chi connectivity index (χ2v) is 4.68. The summed E-state index contributed by atoms with van der Waals surface area (Å²) in [6.07, 6.45) is 1.99. The van der Waals surface area contributed by atoms with E-state index in [2.05, 4.69) is 15.3 Å². The van der Waals surface area contributed by atoms with Crippen molar-refractivity contribution >= 4 is 23.7 Å². The van der Waals surface area contributed by atoms with Crippen molar-refractivity contribution in [1.82, 2.24) is 9.97 Å². The Hall–Kier alpha value is -1.94. The Morgan fingerprint density at radius 1 is 1.26 bits per heavy atom. The molecule has 0 fully saturated rings. The lowest BCUT2D eigenvalue weighted by Crippen LogP contribution is -2.10. The summed E-state index contributed by atoms with van der Waals surface area (Å²) in [5, 5.41) is 3.33. The van der Waals surface area contributed by atoms with Crippen LogP contribution < -0.4 is 5.32 Å². The number of aryl methyl sites for hydroxylation is 1. The molecule has 0 amide bonds. The van der Waals surface area contributed by atoms with Crippen LogP contribution in [0.4, 0.5) is 5.82 Å². The van der Waals surface area contributed by atoms with Crippen molar-refractivity contribution in [3.8, 4) is 0 Å². The highest BCUT2D eigenvalue weighted by Crippen LogP contribution is 2.23. The maximum Gasteiger partial charge on any atom is 0.156 e. The fourth-order valence-corrected chi connectivity index (χ4v) is 1.91. The van der Waals surface area contributed by atoms with Crippen molar-refractivity contribution in [2.75, 3.05) is 5.32 Å². The summed E-state index contributed by atoms with van der Waals surface area (Å²) in [5.74, 6) is 0.447. The van der Waals surface area contributed by atoms with Crippen LogP contribution >= 0.6 is 11.6 Å². The molecule has 0 radical (unpaired) electrons. The number of aromatic nitrogens is 2. The number of carbonyl (C=O) groups excluding carboxylic acids is 1. The molecule has 1 N–H and O–H groups in total. The van der Waals surface area contributed by atoms with Crippen LogP contribution in [-0.4, -0.2) is 16.3 Å². The van der Waals surface area contributed by atoms with Crippen LogP contribution in [0.5, 0.6) is 0 Å². The van der Waals surface area contributed by atoms with Gasteiger partial charge in [0.25, 0.3) is 0 Å². The van der Waals surface area contributed by atoms with E-state index in [1.54, 1.807) is 0 Å². The summed E-state index contributed by atoms with van der Waals surface area (Å²) >= 11 is 5.86. The van der Waals surface area contributed by atoms with Crippen molar-refractivity contribution < 1.29 is 4.79 Å². The third-order valence-electron chi connectivity index (χ3n) is 2.88. The van der Waals surface area contributed by atoms with Gasteiger partial charge in [0.2, 0.25) is 0 Å². The molecule has 1 aromatic heterocycles. The Bertz CT molecular complexity index is 584. The summed E-state index contributed by atoms with van der Waals surface area (Å²) in [6.45, 7) is 4.03. The van der Waals surface area contributed by atoms with Gasteiger partial charge in [0.1, 0.15) is 17.3 Å². The van der Waals surface area contributed by atoms with Crippen LogP contribution in [0.15, 0.2) is 30.6 Å². The SMILES string of the molecule is Cc1ccc(C(C)Nc2ncnc(Cl)c2C=O)cc1. The first kappa shape index (κ1) is 13.5. The van der Waals surface area contributed by atoms with E-state index in [-0.39, 0.29) is 16.8 Å². The zero-order valence-electron chi connectivity index (χ0n) is 10.7. The lowest BCUT2D eigenvalue weighted by atomic mass is 10.1. The Balaban J connectivity index is 2.23. The molecule has 0 saturated carbocycles. The number of rotatable bonds is 4. The van der Waals surface area contributed by atoms with Gasteiger partial charge >= 0.3 is 0 Å². The summed E-state index contributed by atoms with van der Waals surface area (Å²) in [4.78, 5) is 18.8. The molecule has 0 aliphatic rings. The second-order valence-electron chi connectivity index (χ2n) is 4.32. The third kappa shape index (κ3) is 3.09. The molecule has 1 unspecified atom stereocenters. The fraction of sp³-hybridized carbons (Fsp3) is 0.214. The second kappa shape index (κ2) is 5.80. The van der Waals surface area contributed by atoms with Crippen LogP contribution in [0.2, 0.25) is 5.15 Å². The van der Waals surface area contributed by atoms with Gasteiger partial charge in [-0.25, -0.2) is 9.97 Å². The maximum atomic E-state index is 11.0. The molecule has 1 heterocycles. The van der Waals surface area contributed by atoms with E-state index < -0.39 is 0 Å². The lowest BCUT2D eigenvalue weighted by molar-refractivity contribution is 0.112. The minimum absolute atomic E-state index is 0.0188. The summed E-state index contributed by atoms with van der Waals surface area (Å²) in [5.41, 5.74) is 2.59. The third-order valence-corrected chi connectivity index (χ3v) is 3.18. The van der Waals surface area contributed by atoms with E-state index in [0.717, 1.165) is 5.56 Å². The molecule has 5 heteroatoms. The number of benzene rings is 1. The molecule has 2 aromatic rings. The first-order chi connectivity index (χ1) is 9.11. The topological polar surface area (TPSA) is 54.9 Å². The lowest BCUT2D eigenvalue weighted by Gasteiger charge is -2.16. The Labute approximate surface area is 116 Å². The standard InChI is InChI=1S/C14H14ClN3O/c1-9-3-5-11(6-4-9)10(2)18-14-12(7-19)13(15)16-8-17-14/h3-8,10H,1-2H3,(H,16,17,18). The van der Waals surface area contributed by atoms with Gasteiger partial charge in [0, 0.05) is 6.04 Å². The molecule has 0 spiro atoms. The van der Waals surface area contributed by atoms with Crippen molar-refractivity contribution in [2.45, 2.75) is 19.9 Å². The van der Waals surface area contributed by atoms with Gasteiger partial charge in [0.05, 0.1) is 5.56 Å². The number of nitrogens with zero attached hydrogens (tertiary/aromatic N) is 2. The van der Waals surface area contributed by atoms with Crippen LogP contribution in [-0.2, 0) is 0 Å². The highest BCUT2D eigenvalue weighted by Gasteiger charge is 2.12. The molecule has 4 nitrogen and oxygen atoms in total.